The van der Waals surface area contributed by atoms with Gasteiger partial charge < -0.3 is 0 Å². The van der Waals surface area contributed by atoms with Crippen LogP contribution in [0.2, 0.25) is 0 Å². The van der Waals surface area contributed by atoms with Crippen LogP contribution in [-0.2, 0) is 0 Å². The molecule has 0 radical (unpaired) electrons. The summed E-state index contributed by atoms with van der Waals surface area (Å²) in [5.41, 5.74) is -0.514. The van der Waals surface area contributed by atoms with E-state index in [0.717, 1.165) is 21.8 Å². The Morgan fingerprint density at radius 2 is 2.29 bits per heavy atom. The van der Waals surface area contributed by atoms with Gasteiger partial charge in [0.05, 0.1) is 0 Å². The average Bonchev–Trinajstić information content (AvgIpc) is 3.16. The molecular formula is C16H20F3I2N2S-. The minimum absolute atomic E-state index is 0.0158. The molecule has 1 spiro atoms. The SMILES string of the molecule is CCC1CCN(C2NC34CC3C=C(C(F)(F)F)C=C4S2)[C@@H](I)C[I-]1. The quantitative estimate of drug-likeness (QED) is 0.298. The van der Waals surface area contributed by atoms with Crippen LogP contribution in [0, 0.1) is 5.92 Å². The Balaban J connectivity index is 1.51. The zero-order valence-corrected chi connectivity index (χ0v) is 18.4. The van der Waals surface area contributed by atoms with E-state index in [1.807, 2.05) is 0 Å². The average molecular weight is 583 g/mol. The molecule has 4 aliphatic rings. The Labute approximate surface area is 168 Å². The van der Waals surface area contributed by atoms with Crippen molar-refractivity contribution >= 4 is 34.4 Å². The zero-order chi connectivity index (χ0) is 17.1. The first-order chi connectivity index (χ1) is 11.3. The summed E-state index contributed by atoms with van der Waals surface area (Å²) in [4.78, 5) is 3.40. The van der Waals surface area contributed by atoms with Crippen molar-refractivity contribution in [2.75, 3.05) is 11.0 Å². The van der Waals surface area contributed by atoms with Gasteiger partial charge in [-0.05, 0) is 0 Å². The molecule has 5 atom stereocenters. The normalized spacial score (nSPS) is 43.0. The van der Waals surface area contributed by atoms with Gasteiger partial charge in [-0.3, -0.25) is 0 Å². The van der Waals surface area contributed by atoms with E-state index < -0.39 is 11.7 Å². The summed E-state index contributed by atoms with van der Waals surface area (Å²) >= 11 is 4.40. The number of alkyl halides is 6. The summed E-state index contributed by atoms with van der Waals surface area (Å²) in [6.07, 6.45) is 1.92. The van der Waals surface area contributed by atoms with E-state index >= 15 is 0 Å². The molecule has 0 aromatic rings. The van der Waals surface area contributed by atoms with Gasteiger partial charge in [0, 0.05) is 0 Å². The predicted octanol–water partition coefficient (Wildman–Crippen LogP) is 1.09. The van der Waals surface area contributed by atoms with E-state index in [1.165, 1.54) is 29.4 Å². The van der Waals surface area contributed by atoms with Crippen molar-refractivity contribution in [2.45, 2.75) is 51.4 Å². The molecule has 0 aromatic heterocycles. The molecule has 4 rings (SSSR count). The second-order valence-corrected chi connectivity index (χ2v) is 12.9. The standard InChI is InChI=1S/C16H20F3I2N2S/c1-2-11-3-4-23(13(20)8-21-11)14-22-15-7-10(15)5-9(16(17,18)19)6-12(15)24-14/h5-6,10-11,13-14,22H,2-4,7-8H2,1H3/q-1/t10?,11?,13-,14?,15?/m1/s1. The van der Waals surface area contributed by atoms with Crippen molar-refractivity contribution in [1.82, 2.24) is 10.2 Å². The predicted molar refractivity (Wildman–Crippen MR) is 95.7 cm³/mol. The van der Waals surface area contributed by atoms with Gasteiger partial charge in [0.25, 0.3) is 0 Å². The molecule has 2 heterocycles. The maximum atomic E-state index is 13.1. The topological polar surface area (TPSA) is 15.3 Å². The van der Waals surface area contributed by atoms with Gasteiger partial charge in [0.1, 0.15) is 0 Å². The van der Waals surface area contributed by atoms with Crippen LogP contribution in [0.3, 0.4) is 0 Å². The van der Waals surface area contributed by atoms with Crippen molar-refractivity contribution in [1.29, 1.82) is 0 Å². The number of allylic oxidation sites excluding steroid dienone is 2. The molecular weight excluding hydrogens is 563 g/mol. The Bertz CT molecular complexity index is 594. The maximum absolute atomic E-state index is 13.1. The molecule has 3 fully saturated rings. The second kappa shape index (κ2) is 6.56. The minimum atomic E-state index is -4.23. The van der Waals surface area contributed by atoms with Crippen molar-refractivity contribution in [3.8, 4) is 0 Å². The van der Waals surface area contributed by atoms with Crippen molar-refractivity contribution < 1.29 is 34.4 Å². The Hall–Kier alpha value is 1.000. The van der Waals surface area contributed by atoms with Gasteiger partial charge in [-0.2, -0.15) is 0 Å². The molecule has 2 aliphatic carbocycles. The molecule has 1 N–H and O–H groups in total. The fourth-order valence-electron chi connectivity index (χ4n) is 3.75. The summed E-state index contributed by atoms with van der Waals surface area (Å²) in [7, 11) is 0. The molecule has 2 aliphatic heterocycles. The monoisotopic (exact) mass is 583 g/mol. The molecule has 2 nitrogen and oxygen atoms in total. The third-order valence-electron chi connectivity index (χ3n) is 5.31. The van der Waals surface area contributed by atoms with E-state index in [4.69, 9.17) is 0 Å². The molecule has 0 bridgehead atoms. The fourth-order valence-corrected chi connectivity index (χ4v) is 10.4. The third kappa shape index (κ3) is 3.20. The number of hydrogen-bond acceptors (Lipinski definition) is 3. The molecule has 136 valence electrons. The van der Waals surface area contributed by atoms with Crippen LogP contribution >= 0.6 is 34.4 Å². The number of nitrogens with one attached hydrogen (secondary N) is 1. The first-order valence-corrected chi connectivity index (χ1v) is 13.2. The molecule has 0 aromatic carbocycles. The molecule has 8 heteroatoms. The Kier molecular flexibility index (Phi) is 5.02. The van der Waals surface area contributed by atoms with E-state index in [1.54, 1.807) is 11.8 Å². The molecule has 1 saturated carbocycles. The van der Waals surface area contributed by atoms with Crippen molar-refractivity contribution in [2.24, 2.45) is 5.92 Å². The number of thioether (sulfide) groups is 1. The van der Waals surface area contributed by atoms with Crippen molar-refractivity contribution in [3.05, 3.63) is 22.6 Å². The Morgan fingerprint density at radius 1 is 1.50 bits per heavy atom. The van der Waals surface area contributed by atoms with Crippen molar-refractivity contribution in [3.63, 3.8) is 0 Å². The van der Waals surface area contributed by atoms with E-state index in [2.05, 4.69) is 39.7 Å². The number of nitrogens with zero attached hydrogens (tertiary/aromatic N) is 1. The van der Waals surface area contributed by atoms with Crippen LogP contribution in [0.15, 0.2) is 22.6 Å². The molecule has 4 unspecified atom stereocenters. The van der Waals surface area contributed by atoms with Crippen LogP contribution in [0.4, 0.5) is 13.2 Å². The van der Waals surface area contributed by atoms with Crippen LogP contribution in [-0.4, -0.2) is 41.1 Å². The zero-order valence-electron chi connectivity index (χ0n) is 13.2. The number of rotatable bonds is 2. The first kappa shape index (κ1) is 18.4. The van der Waals surface area contributed by atoms with Gasteiger partial charge in [0.2, 0.25) is 0 Å². The summed E-state index contributed by atoms with van der Waals surface area (Å²) in [5, 5.41) is 3.69. The van der Waals surface area contributed by atoms with Crippen LogP contribution in [0.1, 0.15) is 26.2 Å². The summed E-state index contributed by atoms with van der Waals surface area (Å²) in [6.45, 7) is 3.34. The van der Waals surface area contributed by atoms with E-state index in [0.29, 0.717) is 4.05 Å². The van der Waals surface area contributed by atoms with Gasteiger partial charge in [-0.25, -0.2) is 0 Å². The van der Waals surface area contributed by atoms with Crippen LogP contribution in [0.5, 0.6) is 0 Å². The first-order valence-electron chi connectivity index (χ1n) is 8.26. The summed E-state index contributed by atoms with van der Waals surface area (Å²) < 4.78 is 41.9. The molecule has 2 saturated heterocycles. The van der Waals surface area contributed by atoms with Gasteiger partial charge >= 0.3 is 170 Å². The fraction of sp³-hybridized carbons (Fsp3) is 0.750. The van der Waals surface area contributed by atoms with Crippen LogP contribution in [0.25, 0.3) is 0 Å². The summed E-state index contributed by atoms with van der Waals surface area (Å²) in [5.74, 6) is 0.0158. The molecule has 0 amide bonds. The molecule has 24 heavy (non-hydrogen) atoms. The van der Waals surface area contributed by atoms with Gasteiger partial charge in [-0.15, -0.1) is 0 Å². The van der Waals surface area contributed by atoms with E-state index in [9.17, 15) is 13.2 Å². The van der Waals surface area contributed by atoms with Gasteiger partial charge in [-0.1, -0.05) is 0 Å². The van der Waals surface area contributed by atoms with Gasteiger partial charge in [0.15, 0.2) is 0 Å². The second-order valence-electron chi connectivity index (χ2n) is 6.80. The Morgan fingerprint density at radius 3 is 3.00 bits per heavy atom. The number of hydrogen-bond donors (Lipinski definition) is 1. The van der Waals surface area contributed by atoms with E-state index in [-0.39, 0.29) is 38.2 Å². The third-order valence-corrected chi connectivity index (χ3v) is 13.6. The number of halogens is 5. The summed E-state index contributed by atoms with van der Waals surface area (Å²) in [6, 6.07) is 0. The van der Waals surface area contributed by atoms with Crippen LogP contribution < -0.4 is 26.5 Å².